The second kappa shape index (κ2) is 5.70. The Morgan fingerprint density at radius 1 is 1.00 bits per heavy atom. The quantitative estimate of drug-likeness (QED) is 0.538. The fourth-order valence-corrected chi connectivity index (χ4v) is 3.21. The van der Waals surface area contributed by atoms with E-state index in [0.717, 1.165) is 38.7 Å². The SMILES string of the molecule is Nc1cccc(-c2csc(Nc3cccc4cccnc34)n2)c1. The van der Waals surface area contributed by atoms with Crippen LogP contribution in [-0.2, 0) is 0 Å². The molecule has 0 amide bonds. The molecule has 5 heteroatoms. The second-order valence-electron chi connectivity index (χ2n) is 5.17. The summed E-state index contributed by atoms with van der Waals surface area (Å²) in [5.41, 5.74) is 10.4. The van der Waals surface area contributed by atoms with Gasteiger partial charge in [0.05, 0.1) is 16.9 Å². The maximum absolute atomic E-state index is 5.84. The lowest BCUT2D eigenvalue weighted by atomic mass is 10.1. The molecule has 2 aromatic carbocycles. The molecule has 0 aliphatic rings. The number of nitrogens with two attached hydrogens (primary N) is 1. The molecule has 0 unspecified atom stereocenters. The Morgan fingerprint density at radius 2 is 1.87 bits per heavy atom. The molecular formula is C18H14N4S. The lowest BCUT2D eigenvalue weighted by Crippen LogP contribution is -1.92. The van der Waals surface area contributed by atoms with Crippen molar-refractivity contribution >= 4 is 38.7 Å². The van der Waals surface area contributed by atoms with Crippen LogP contribution in [0.25, 0.3) is 22.2 Å². The fraction of sp³-hybridized carbons (Fsp3) is 0. The fourth-order valence-electron chi connectivity index (χ4n) is 2.48. The van der Waals surface area contributed by atoms with E-state index in [9.17, 15) is 0 Å². The van der Waals surface area contributed by atoms with Crippen molar-refractivity contribution < 1.29 is 0 Å². The maximum Gasteiger partial charge on any atom is 0.187 e. The third-order valence-corrected chi connectivity index (χ3v) is 4.32. The molecule has 0 atom stereocenters. The molecule has 4 aromatic rings. The molecule has 0 radical (unpaired) electrons. The molecule has 4 nitrogen and oxygen atoms in total. The normalized spacial score (nSPS) is 10.8. The van der Waals surface area contributed by atoms with Gasteiger partial charge in [-0.1, -0.05) is 30.3 Å². The van der Waals surface area contributed by atoms with Crippen molar-refractivity contribution in [3.8, 4) is 11.3 Å². The summed E-state index contributed by atoms with van der Waals surface area (Å²) < 4.78 is 0. The number of nitrogens with one attached hydrogen (secondary N) is 1. The van der Waals surface area contributed by atoms with Crippen molar-refractivity contribution in [3.63, 3.8) is 0 Å². The summed E-state index contributed by atoms with van der Waals surface area (Å²) in [6.45, 7) is 0. The number of para-hydroxylation sites is 1. The average Bonchev–Trinajstić information content (AvgIpc) is 3.04. The van der Waals surface area contributed by atoms with E-state index in [-0.39, 0.29) is 0 Å². The Hall–Kier alpha value is -2.92. The Bertz CT molecular complexity index is 972. The molecule has 23 heavy (non-hydrogen) atoms. The largest absolute Gasteiger partial charge is 0.399 e. The highest BCUT2D eigenvalue weighted by atomic mass is 32.1. The first kappa shape index (κ1) is 13.7. The van der Waals surface area contributed by atoms with Gasteiger partial charge in [0.2, 0.25) is 0 Å². The standard InChI is InChI=1S/C18H14N4S/c19-14-7-1-5-13(10-14)16-11-23-18(22-16)21-15-8-2-4-12-6-3-9-20-17(12)15/h1-11H,19H2,(H,21,22). The minimum Gasteiger partial charge on any atom is -0.399 e. The number of anilines is 3. The van der Waals surface area contributed by atoms with Gasteiger partial charge in [0.15, 0.2) is 5.13 Å². The maximum atomic E-state index is 5.84. The minimum absolute atomic E-state index is 0.739. The predicted molar refractivity (Wildman–Crippen MR) is 97.0 cm³/mol. The lowest BCUT2D eigenvalue weighted by Gasteiger charge is -2.06. The summed E-state index contributed by atoms with van der Waals surface area (Å²) in [4.78, 5) is 9.10. The van der Waals surface area contributed by atoms with Gasteiger partial charge in [-0.05, 0) is 24.3 Å². The van der Waals surface area contributed by atoms with Crippen molar-refractivity contribution in [1.82, 2.24) is 9.97 Å². The van der Waals surface area contributed by atoms with Crippen LogP contribution in [0.3, 0.4) is 0 Å². The number of hydrogen-bond acceptors (Lipinski definition) is 5. The van der Waals surface area contributed by atoms with Gasteiger partial charge in [-0.15, -0.1) is 11.3 Å². The highest BCUT2D eigenvalue weighted by Gasteiger charge is 2.07. The van der Waals surface area contributed by atoms with E-state index in [2.05, 4.69) is 15.3 Å². The number of nitrogens with zero attached hydrogens (tertiary/aromatic N) is 2. The molecule has 0 bridgehead atoms. The number of hydrogen-bond donors (Lipinski definition) is 2. The van der Waals surface area contributed by atoms with Crippen molar-refractivity contribution in [2.75, 3.05) is 11.1 Å². The van der Waals surface area contributed by atoms with Crippen LogP contribution in [0.5, 0.6) is 0 Å². The van der Waals surface area contributed by atoms with Gasteiger partial charge in [-0.3, -0.25) is 4.98 Å². The number of thiazole rings is 1. The van der Waals surface area contributed by atoms with Crippen molar-refractivity contribution in [2.45, 2.75) is 0 Å². The summed E-state index contributed by atoms with van der Waals surface area (Å²) in [6, 6.07) is 17.8. The molecular weight excluding hydrogens is 304 g/mol. The van der Waals surface area contributed by atoms with E-state index in [1.165, 1.54) is 0 Å². The number of aromatic nitrogens is 2. The number of nitrogen functional groups attached to an aromatic ring is 1. The number of benzene rings is 2. The highest BCUT2D eigenvalue weighted by Crippen LogP contribution is 2.30. The molecule has 112 valence electrons. The molecule has 0 fully saturated rings. The summed E-state index contributed by atoms with van der Waals surface area (Å²) in [6.07, 6.45) is 1.80. The summed E-state index contributed by atoms with van der Waals surface area (Å²) >= 11 is 1.56. The topological polar surface area (TPSA) is 63.8 Å². The Kier molecular flexibility index (Phi) is 3.40. The van der Waals surface area contributed by atoms with Crippen LogP contribution in [0.2, 0.25) is 0 Å². The first-order valence-electron chi connectivity index (χ1n) is 7.22. The molecule has 0 aliphatic heterocycles. The van der Waals surface area contributed by atoms with E-state index in [0.29, 0.717) is 0 Å². The summed E-state index contributed by atoms with van der Waals surface area (Å²) in [5.74, 6) is 0. The van der Waals surface area contributed by atoms with Gasteiger partial charge in [-0.2, -0.15) is 0 Å². The van der Waals surface area contributed by atoms with Gasteiger partial charge in [-0.25, -0.2) is 4.98 Å². The van der Waals surface area contributed by atoms with E-state index >= 15 is 0 Å². The summed E-state index contributed by atoms with van der Waals surface area (Å²) in [7, 11) is 0. The first-order valence-corrected chi connectivity index (χ1v) is 8.10. The van der Waals surface area contributed by atoms with Crippen LogP contribution >= 0.6 is 11.3 Å². The summed E-state index contributed by atoms with van der Waals surface area (Å²) in [5, 5.41) is 7.32. The van der Waals surface area contributed by atoms with Gasteiger partial charge >= 0.3 is 0 Å². The Morgan fingerprint density at radius 3 is 2.78 bits per heavy atom. The van der Waals surface area contributed by atoms with Gasteiger partial charge in [0, 0.05) is 28.2 Å². The van der Waals surface area contributed by atoms with Crippen LogP contribution < -0.4 is 11.1 Å². The van der Waals surface area contributed by atoms with Crippen molar-refractivity contribution in [2.24, 2.45) is 0 Å². The number of fused-ring (bicyclic) bond motifs is 1. The predicted octanol–water partition coefficient (Wildman–Crippen LogP) is 4.68. The second-order valence-corrected chi connectivity index (χ2v) is 6.03. The Balaban J connectivity index is 1.67. The zero-order valence-electron chi connectivity index (χ0n) is 12.2. The molecule has 4 rings (SSSR count). The Labute approximate surface area is 137 Å². The van der Waals surface area contributed by atoms with E-state index in [1.807, 2.05) is 60.0 Å². The van der Waals surface area contributed by atoms with E-state index in [1.54, 1.807) is 17.5 Å². The molecule has 2 aromatic heterocycles. The van der Waals surface area contributed by atoms with Gasteiger partial charge in [0.25, 0.3) is 0 Å². The molecule has 0 saturated heterocycles. The van der Waals surface area contributed by atoms with Crippen LogP contribution in [0.15, 0.2) is 66.2 Å². The number of rotatable bonds is 3. The third kappa shape index (κ3) is 2.74. The highest BCUT2D eigenvalue weighted by molar-refractivity contribution is 7.14. The third-order valence-electron chi connectivity index (χ3n) is 3.56. The first-order chi connectivity index (χ1) is 11.3. The van der Waals surface area contributed by atoms with Crippen LogP contribution in [0, 0.1) is 0 Å². The zero-order valence-corrected chi connectivity index (χ0v) is 13.0. The van der Waals surface area contributed by atoms with Crippen molar-refractivity contribution in [3.05, 3.63) is 66.2 Å². The molecule has 0 spiro atoms. The van der Waals surface area contributed by atoms with E-state index < -0.39 is 0 Å². The van der Waals surface area contributed by atoms with Crippen LogP contribution in [0.1, 0.15) is 0 Å². The molecule has 0 saturated carbocycles. The van der Waals surface area contributed by atoms with Crippen molar-refractivity contribution in [1.29, 1.82) is 0 Å². The van der Waals surface area contributed by atoms with Crippen LogP contribution in [0.4, 0.5) is 16.5 Å². The molecule has 3 N–H and O–H groups in total. The monoisotopic (exact) mass is 318 g/mol. The van der Waals surface area contributed by atoms with E-state index in [4.69, 9.17) is 5.73 Å². The minimum atomic E-state index is 0.739. The van der Waals surface area contributed by atoms with Crippen LogP contribution in [-0.4, -0.2) is 9.97 Å². The van der Waals surface area contributed by atoms with Gasteiger partial charge in [0.1, 0.15) is 0 Å². The smallest absolute Gasteiger partial charge is 0.187 e. The molecule has 2 heterocycles. The lowest BCUT2D eigenvalue weighted by molar-refractivity contribution is 1.37. The molecule has 0 aliphatic carbocycles. The van der Waals surface area contributed by atoms with Gasteiger partial charge < -0.3 is 11.1 Å². The zero-order chi connectivity index (χ0) is 15.6. The average molecular weight is 318 g/mol. The number of pyridine rings is 1.